The third-order valence-electron chi connectivity index (χ3n) is 5.62. The summed E-state index contributed by atoms with van der Waals surface area (Å²) in [5, 5.41) is 10.3. The third kappa shape index (κ3) is 4.03. The molecule has 1 atom stereocenters. The van der Waals surface area contributed by atoms with E-state index in [1.807, 2.05) is 53.6 Å². The van der Waals surface area contributed by atoms with Crippen molar-refractivity contribution in [1.29, 1.82) is 0 Å². The molecule has 0 bridgehead atoms. The van der Waals surface area contributed by atoms with Crippen LogP contribution in [0.2, 0.25) is 0 Å². The van der Waals surface area contributed by atoms with E-state index < -0.39 is 0 Å². The molecule has 1 aliphatic rings. The topological polar surface area (TPSA) is 63.4 Å². The SMILES string of the molecule is COc1ccc(C2NC(=S)N(c3ccc(C)cc3)C(C)=C2c2nc(-c3cccs3)no2)cc1. The maximum atomic E-state index is 5.81. The predicted octanol–water partition coefficient (Wildman–Crippen LogP) is 5.98. The zero-order chi connectivity index (χ0) is 22.9. The minimum absolute atomic E-state index is 0.248. The van der Waals surface area contributed by atoms with Crippen LogP contribution in [0.25, 0.3) is 16.3 Å². The standard InChI is InChI=1S/C25H22N4O2S2/c1-15-6-10-18(11-7-15)29-16(2)21(24-27-23(28-31-24)20-5-4-14-33-20)22(26-25(29)32)17-8-12-19(30-3)13-9-17/h4-14,22H,1-3H3,(H,26,32). The normalized spacial score (nSPS) is 16.2. The van der Waals surface area contributed by atoms with Gasteiger partial charge in [0.05, 0.1) is 23.6 Å². The quantitative estimate of drug-likeness (QED) is 0.357. The van der Waals surface area contributed by atoms with Gasteiger partial charge in [0.2, 0.25) is 5.82 Å². The Hall–Kier alpha value is -3.49. The van der Waals surface area contributed by atoms with Crippen molar-refractivity contribution in [3.05, 3.63) is 88.8 Å². The lowest BCUT2D eigenvalue weighted by Gasteiger charge is -2.37. The minimum Gasteiger partial charge on any atom is -0.497 e. The van der Waals surface area contributed by atoms with Crippen LogP contribution in [0, 0.1) is 6.92 Å². The van der Waals surface area contributed by atoms with Crippen molar-refractivity contribution >= 4 is 39.9 Å². The van der Waals surface area contributed by atoms with Crippen molar-refractivity contribution in [3.8, 4) is 16.5 Å². The zero-order valence-corrected chi connectivity index (χ0v) is 20.0. The van der Waals surface area contributed by atoms with Crippen LogP contribution in [0.4, 0.5) is 5.69 Å². The van der Waals surface area contributed by atoms with Crippen molar-refractivity contribution in [2.75, 3.05) is 12.0 Å². The molecule has 0 saturated carbocycles. The molecule has 8 heteroatoms. The Balaban J connectivity index is 1.64. The van der Waals surface area contributed by atoms with Crippen molar-refractivity contribution in [2.24, 2.45) is 0 Å². The smallest absolute Gasteiger partial charge is 0.258 e. The first-order valence-electron chi connectivity index (χ1n) is 10.4. The van der Waals surface area contributed by atoms with E-state index in [1.54, 1.807) is 18.4 Å². The summed E-state index contributed by atoms with van der Waals surface area (Å²) in [7, 11) is 1.66. The van der Waals surface area contributed by atoms with Gasteiger partial charge in [0.15, 0.2) is 5.11 Å². The molecule has 5 rings (SSSR count). The molecule has 1 unspecified atom stereocenters. The van der Waals surface area contributed by atoms with E-state index in [4.69, 9.17) is 26.5 Å². The monoisotopic (exact) mass is 474 g/mol. The molecule has 2 aromatic heterocycles. The molecule has 3 heterocycles. The average Bonchev–Trinajstić information content (AvgIpc) is 3.52. The number of nitrogens with zero attached hydrogens (tertiary/aromatic N) is 3. The summed E-state index contributed by atoms with van der Waals surface area (Å²) in [6.45, 7) is 4.10. The van der Waals surface area contributed by atoms with Gasteiger partial charge in [0, 0.05) is 11.4 Å². The molecule has 4 aromatic rings. The van der Waals surface area contributed by atoms with E-state index in [-0.39, 0.29) is 6.04 Å². The third-order valence-corrected chi connectivity index (χ3v) is 6.79. The predicted molar refractivity (Wildman–Crippen MR) is 135 cm³/mol. The lowest BCUT2D eigenvalue weighted by molar-refractivity contribution is 0.404. The lowest BCUT2D eigenvalue weighted by Crippen LogP contribution is -2.46. The molecule has 0 radical (unpaired) electrons. The van der Waals surface area contributed by atoms with Crippen LogP contribution in [-0.2, 0) is 0 Å². The molecule has 1 N–H and O–H groups in total. The van der Waals surface area contributed by atoms with Gasteiger partial charge in [-0.25, -0.2) is 0 Å². The summed E-state index contributed by atoms with van der Waals surface area (Å²) >= 11 is 7.38. The number of methoxy groups -OCH3 is 1. The van der Waals surface area contributed by atoms with Crippen LogP contribution >= 0.6 is 23.6 Å². The first-order valence-corrected chi connectivity index (χ1v) is 11.7. The van der Waals surface area contributed by atoms with Gasteiger partial charge in [-0.05, 0) is 67.3 Å². The second kappa shape index (κ2) is 8.80. The molecular formula is C25H22N4O2S2. The molecule has 166 valence electrons. The van der Waals surface area contributed by atoms with Crippen LogP contribution in [0.1, 0.15) is 30.0 Å². The second-order valence-electron chi connectivity index (χ2n) is 7.73. The number of anilines is 1. The summed E-state index contributed by atoms with van der Waals surface area (Å²) < 4.78 is 11.1. The van der Waals surface area contributed by atoms with Gasteiger partial charge < -0.3 is 14.6 Å². The van der Waals surface area contributed by atoms with E-state index >= 15 is 0 Å². The molecule has 0 aliphatic carbocycles. The molecule has 33 heavy (non-hydrogen) atoms. The Morgan fingerprint density at radius 1 is 1.06 bits per heavy atom. The van der Waals surface area contributed by atoms with Gasteiger partial charge in [-0.1, -0.05) is 41.1 Å². The molecule has 1 aliphatic heterocycles. The fourth-order valence-electron chi connectivity index (χ4n) is 3.91. The van der Waals surface area contributed by atoms with Crippen molar-refractivity contribution < 1.29 is 9.26 Å². The highest BCUT2D eigenvalue weighted by Crippen LogP contribution is 2.39. The number of thiocarbonyl (C=S) groups is 1. The first kappa shape index (κ1) is 21.4. The second-order valence-corrected chi connectivity index (χ2v) is 9.06. The van der Waals surface area contributed by atoms with Gasteiger partial charge in [-0.15, -0.1) is 11.3 Å². The van der Waals surface area contributed by atoms with Crippen molar-refractivity contribution in [2.45, 2.75) is 19.9 Å². The van der Waals surface area contributed by atoms with Gasteiger partial charge in [0.25, 0.3) is 5.89 Å². The lowest BCUT2D eigenvalue weighted by atomic mass is 9.94. The van der Waals surface area contributed by atoms with Crippen LogP contribution in [0.15, 0.2) is 76.3 Å². The highest BCUT2D eigenvalue weighted by molar-refractivity contribution is 7.80. The summed E-state index contributed by atoms with van der Waals surface area (Å²) in [4.78, 5) is 7.71. The van der Waals surface area contributed by atoms with E-state index in [1.165, 1.54) is 5.56 Å². The van der Waals surface area contributed by atoms with Crippen LogP contribution < -0.4 is 15.0 Å². The Kier molecular flexibility index (Phi) is 5.70. The average molecular weight is 475 g/mol. The fourth-order valence-corrected chi connectivity index (χ4v) is 4.92. The Morgan fingerprint density at radius 2 is 1.82 bits per heavy atom. The molecule has 0 spiro atoms. The highest BCUT2D eigenvalue weighted by Gasteiger charge is 2.34. The number of ether oxygens (including phenoxy) is 1. The number of aryl methyl sites for hydroxylation is 1. The van der Waals surface area contributed by atoms with E-state index in [2.05, 4.69) is 41.7 Å². The van der Waals surface area contributed by atoms with Gasteiger partial charge in [-0.2, -0.15) is 4.98 Å². The van der Waals surface area contributed by atoms with Crippen molar-refractivity contribution in [3.63, 3.8) is 0 Å². The summed E-state index contributed by atoms with van der Waals surface area (Å²) in [5.74, 6) is 1.83. The van der Waals surface area contributed by atoms with Crippen LogP contribution in [-0.4, -0.2) is 22.4 Å². The molecular weight excluding hydrogens is 452 g/mol. The molecule has 6 nitrogen and oxygen atoms in total. The first-order chi connectivity index (χ1) is 16.0. The zero-order valence-electron chi connectivity index (χ0n) is 18.4. The number of rotatable bonds is 5. The molecule has 0 saturated heterocycles. The maximum Gasteiger partial charge on any atom is 0.258 e. The van der Waals surface area contributed by atoms with E-state index in [0.717, 1.165) is 33.1 Å². The van der Waals surface area contributed by atoms with E-state index in [9.17, 15) is 0 Å². The number of hydrogen-bond donors (Lipinski definition) is 1. The fraction of sp³-hybridized carbons (Fsp3) is 0.160. The number of nitrogens with one attached hydrogen (secondary N) is 1. The molecule has 0 amide bonds. The minimum atomic E-state index is -0.248. The summed E-state index contributed by atoms with van der Waals surface area (Å²) in [5.41, 5.74) is 4.99. The maximum absolute atomic E-state index is 5.81. The number of aromatic nitrogens is 2. The molecule has 2 aromatic carbocycles. The number of thiophene rings is 1. The van der Waals surface area contributed by atoms with Crippen LogP contribution in [0.3, 0.4) is 0 Å². The Labute approximate surface area is 201 Å². The van der Waals surface area contributed by atoms with Gasteiger partial charge in [-0.3, -0.25) is 4.90 Å². The summed E-state index contributed by atoms with van der Waals surface area (Å²) in [6, 6.07) is 19.9. The number of hydrogen-bond acceptors (Lipinski definition) is 6. The van der Waals surface area contributed by atoms with Crippen molar-refractivity contribution in [1.82, 2.24) is 15.5 Å². The molecule has 0 fully saturated rings. The van der Waals surface area contributed by atoms with Gasteiger partial charge >= 0.3 is 0 Å². The van der Waals surface area contributed by atoms with E-state index in [0.29, 0.717) is 16.8 Å². The largest absolute Gasteiger partial charge is 0.497 e. The number of allylic oxidation sites excluding steroid dienone is 1. The highest BCUT2D eigenvalue weighted by atomic mass is 32.1. The van der Waals surface area contributed by atoms with Gasteiger partial charge in [0.1, 0.15) is 5.75 Å². The Morgan fingerprint density at radius 3 is 2.48 bits per heavy atom. The Bertz CT molecular complexity index is 1310. The summed E-state index contributed by atoms with van der Waals surface area (Å²) in [6.07, 6.45) is 0. The van der Waals surface area contributed by atoms with Crippen LogP contribution in [0.5, 0.6) is 5.75 Å². The number of benzene rings is 2.